The largest absolute Gasteiger partial charge is 0.395 e. The van der Waals surface area contributed by atoms with Gasteiger partial charge >= 0.3 is 0 Å². The summed E-state index contributed by atoms with van der Waals surface area (Å²) >= 11 is 0. The predicted octanol–water partition coefficient (Wildman–Crippen LogP) is 2.37. The SMILES string of the molecule is Nc1c(F)cccc1NC1CCC1. The van der Waals surface area contributed by atoms with Gasteiger partial charge in [0.15, 0.2) is 0 Å². The first-order valence-corrected chi connectivity index (χ1v) is 4.58. The molecule has 0 aromatic heterocycles. The van der Waals surface area contributed by atoms with E-state index in [1.54, 1.807) is 6.07 Å². The van der Waals surface area contributed by atoms with E-state index in [2.05, 4.69) is 5.32 Å². The molecular weight excluding hydrogens is 167 g/mol. The minimum Gasteiger partial charge on any atom is -0.395 e. The molecule has 13 heavy (non-hydrogen) atoms. The third-order valence-electron chi connectivity index (χ3n) is 2.52. The third-order valence-corrected chi connectivity index (χ3v) is 2.52. The summed E-state index contributed by atoms with van der Waals surface area (Å²) in [4.78, 5) is 0. The summed E-state index contributed by atoms with van der Waals surface area (Å²) in [5.74, 6) is -0.343. The average Bonchev–Trinajstić information content (AvgIpc) is 2.04. The Morgan fingerprint density at radius 1 is 1.38 bits per heavy atom. The highest BCUT2D eigenvalue weighted by atomic mass is 19.1. The molecule has 1 aromatic carbocycles. The molecule has 2 rings (SSSR count). The fourth-order valence-electron chi connectivity index (χ4n) is 1.44. The Bertz CT molecular complexity index is 308. The Balaban J connectivity index is 2.14. The second-order valence-electron chi connectivity index (χ2n) is 3.47. The predicted molar refractivity (Wildman–Crippen MR) is 52.1 cm³/mol. The quantitative estimate of drug-likeness (QED) is 0.686. The molecule has 70 valence electrons. The van der Waals surface area contributed by atoms with Gasteiger partial charge in [0, 0.05) is 6.04 Å². The first-order chi connectivity index (χ1) is 6.27. The molecule has 1 aromatic rings. The number of hydrogen-bond donors (Lipinski definition) is 2. The lowest BCUT2D eigenvalue weighted by Crippen LogP contribution is -2.27. The molecule has 0 amide bonds. The van der Waals surface area contributed by atoms with Crippen molar-refractivity contribution in [2.24, 2.45) is 0 Å². The van der Waals surface area contributed by atoms with Gasteiger partial charge in [-0.3, -0.25) is 0 Å². The van der Waals surface area contributed by atoms with E-state index in [0.717, 1.165) is 18.5 Å². The third kappa shape index (κ3) is 1.59. The Hall–Kier alpha value is -1.25. The maximum atomic E-state index is 13.0. The normalized spacial score (nSPS) is 16.7. The minimum absolute atomic E-state index is 0.231. The minimum atomic E-state index is -0.343. The zero-order chi connectivity index (χ0) is 9.26. The molecule has 0 heterocycles. The van der Waals surface area contributed by atoms with E-state index in [-0.39, 0.29) is 11.5 Å². The van der Waals surface area contributed by atoms with E-state index in [4.69, 9.17) is 5.73 Å². The number of rotatable bonds is 2. The molecule has 1 aliphatic carbocycles. The summed E-state index contributed by atoms with van der Waals surface area (Å²) < 4.78 is 13.0. The van der Waals surface area contributed by atoms with Crippen molar-refractivity contribution in [1.29, 1.82) is 0 Å². The van der Waals surface area contributed by atoms with Crippen LogP contribution in [0.2, 0.25) is 0 Å². The van der Waals surface area contributed by atoms with Crippen molar-refractivity contribution < 1.29 is 4.39 Å². The molecule has 3 heteroatoms. The molecular formula is C10H13FN2. The molecule has 0 unspecified atom stereocenters. The van der Waals surface area contributed by atoms with E-state index >= 15 is 0 Å². The lowest BCUT2D eigenvalue weighted by molar-refractivity contribution is 0.445. The molecule has 0 atom stereocenters. The van der Waals surface area contributed by atoms with Crippen molar-refractivity contribution >= 4 is 11.4 Å². The highest BCUT2D eigenvalue weighted by molar-refractivity contribution is 5.66. The van der Waals surface area contributed by atoms with Crippen molar-refractivity contribution in [3.05, 3.63) is 24.0 Å². The van der Waals surface area contributed by atoms with E-state index in [1.807, 2.05) is 6.07 Å². The number of nitrogen functional groups attached to an aromatic ring is 1. The number of benzene rings is 1. The Morgan fingerprint density at radius 2 is 2.15 bits per heavy atom. The second-order valence-corrected chi connectivity index (χ2v) is 3.47. The van der Waals surface area contributed by atoms with Crippen LogP contribution < -0.4 is 11.1 Å². The van der Waals surface area contributed by atoms with Crippen LogP contribution in [-0.2, 0) is 0 Å². The number of nitrogens with one attached hydrogen (secondary N) is 1. The maximum Gasteiger partial charge on any atom is 0.148 e. The van der Waals surface area contributed by atoms with Crippen LogP contribution in [-0.4, -0.2) is 6.04 Å². The monoisotopic (exact) mass is 180 g/mol. The summed E-state index contributed by atoms with van der Waals surface area (Å²) in [6.07, 6.45) is 3.58. The molecule has 0 spiro atoms. The molecule has 2 nitrogen and oxygen atoms in total. The Kier molecular flexibility index (Phi) is 2.08. The number of nitrogens with two attached hydrogens (primary N) is 1. The van der Waals surface area contributed by atoms with Gasteiger partial charge in [-0.05, 0) is 31.4 Å². The van der Waals surface area contributed by atoms with E-state index in [1.165, 1.54) is 12.5 Å². The van der Waals surface area contributed by atoms with Gasteiger partial charge in [0.2, 0.25) is 0 Å². The first-order valence-electron chi connectivity index (χ1n) is 4.58. The Labute approximate surface area is 76.9 Å². The van der Waals surface area contributed by atoms with Gasteiger partial charge in [0.25, 0.3) is 0 Å². The second kappa shape index (κ2) is 3.24. The lowest BCUT2D eigenvalue weighted by Gasteiger charge is -2.28. The fraction of sp³-hybridized carbons (Fsp3) is 0.400. The molecule has 3 N–H and O–H groups in total. The summed E-state index contributed by atoms with van der Waals surface area (Å²) in [6.45, 7) is 0. The van der Waals surface area contributed by atoms with Gasteiger partial charge < -0.3 is 11.1 Å². The van der Waals surface area contributed by atoms with Crippen molar-refractivity contribution in [3.63, 3.8) is 0 Å². The van der Waals surface area contributed by atoms with Crippen molar-refractivity contribution in [3.8, 4) is 0 Å². The topological polar surface area (TPSA) is 38.0 Å². The first kappa shape index (κ1) is 8.35. The summed E-state index contributed by atoms with van der Waals surface area (Å²) in [5.41, 5.74) is 6.53. The lowest BCUT2D eigenvalue weighted by atomic mass is 9.93. The van der Waals surface area contributed by atoms with Crippen molar-refractivity contribution in [1.82, 2.24) is 0 Å². The number of para-hydroxylation sites is 1. The fourth-order valence-corrected chi connectivity index (χ4v) is 1.44. The van der Waals surface area contributed by atoms with Crippen LogP contribution in [0.1, 0.15) is 19.3 Å². The van der Waals surface area contributed by atoms with Crippen molar-refractivity contribution in [2.45, 2.75) is 25.3 Å². The number of halogens is 1. The zero-order valence-corrected chi connectivity index (χ0v) is 7.39. The molecule has 0 saturated heterocycles. The number of anilines is 2. The number of hydrogen-bond acceptors (Lipinski definition) is 2. The molecule has 1 fully saturated rings. The summed E-state index contributed by atoms with van der Waals surface area (Å²) in [7, 11) is 0. The maximum absolute atomic E-state index is 13.0. The summed E-state index contributed by atoms with van der Waals surface area (Å²) in [5, 5.41) is 3.22. The molecule has 0 aliphatic heterocycles. The van der Waals surface area contributed by atoms with Crippen LogP contribution in [0.4, 0.5) is 15.8 Å². The van der Waals surface area contributed by atoms with Crippen LogP contribution >= 0.6 is 0 Å². The van der Waals surface area contributed by atoms with Gasteiger partial charge in [0.1, 0.15) is 5.82 Å². The van der Waals surface area contributed by atoms with Crippen LogP contribution in [0.5, 0.6) is 0 Å². The van der Waals surface area contributed by atoms with E-state index < -0.39 is 0 Å². The smallest absolute Gasteiger partial charge is 0.148 e. The van der Waals surface area contributed by atoms with Crippen LogP contribution in [0.3, 0.4) is 0 Å². The molecule has 0 radical (unpaired) electrons. The Morgan fingerprint density at radius 3 is 2.77 bits per heavy atom. The molecule has 1 saturated carbocycles. The molecule has 1 aliphatic rings. The molecule has 0 bridgehead atoms. The van der Waals surface area contributed by atoms with E-state index in [0.29, 0.717) is 6.04 Å². The van der Waals surface area contributed by atoms with Gasteiger partial charge in [-0.1, -0.05) is 6.07 Å². The average molecular weight is 180 g/mol. The van der Waals surface area contributed by atoms with Crippen LogP contribution in [0.25, 0.3) is 0 Å². The highest BCUT2D eigenvalue weighted by Gasteiger charge is 2.18. The standard InChI is InChI=1S/C10H13FN2/c11-8-5-2-6-9(10(8)12)13-7-3-1-4-7/h2,5-7,13H,1,3-4,12H2. The van der Waals surface area contributed by atoms with Gasteiger partial charge in [-0.25, -0.2) is 4.39 Å². The van der Waals surface area contributed by atoms with E-state index in [9.17, 15) is 4.39 Å². The zero-order valence-electron chi connectivity index (χ0n) is 7.39. The van der Waals surface area contributed by atoms with Crippen molar-refractivity contribution in [2.75, 3.05) is 11.1 Å². The van der Waals surface area contributed by atoms with Crippen LogP contribution in [0.15, 0.2) is 18.2 Å². The van der Waals surface area contributed by atoms with Gasteiger partial charge in [-0.15, -0.1) is 0 Å². The van der Waals surface area contributed by atoms with Gasteiger partial charge in [0.05, 0.1) is 11.4 Å². The van der Waals surface area contributed by atoms with Crippen LogP contribution in [0, 0.1) is 5.82 Å². The summed E-state index contributed by atoms with van der Waals surface area (Å²) in [6, 6.07) is 5.36. The van der Waals surface area contributed by atoms with Gasteiger partial charge in [-0.2, -0.15) is 0 Å². The highest BCUT2D eigenvalue weighted by Crippen LogP contribution is 2.27.